The van der Waals surface area contributed by atoms with Gasteiger partial charge in [0.25, 0.3) is 5.91 Å². The van der Waals surface area contributed by atoms with E-state index in [1.807, 2.05) is 46.2 Å². The van der Waals surface area contributed by atoms with Crippen LogP contribution in [0.25, 0.3) is 0 Å². The van der Waals surface area contributed by atoms with Gasteiger partial charge in [-0.2, -0.15) is 0 Å². The normalized spacial score (nSPS) is 20.2. The summed E-state index contributed by atoms with van der Waals surface area (Å²) >= 11 is 7.13. The number of piperazine rings is 1. The lowest BCUT2D eigenvalue weighted by Crippen LogP contribution is -2.56. The average molecular weight is 793 g/mol. The number of halogens is 2. The van der Waals surface area contributed by atoms with Crippen LogP contribution >= 0.6 is 31.9 Å². The number of rotatable bonds is 7. The first kappa shape index (κ1) is 36.4. The average Bonchev–Trinajstić information content (AvgIpc) is 3.26. The molecule has 3 saturated heterocycles. The van der Waals surface area contributed by atoms with E-state index < -0.39 is 12.2 Å². The lowest BCUT2D eigenvalue weighted by Gasteiger charge is -2.41. The fourth-order valence-electron chi connectivity index (χ4n) is 7.30. The van der Waals surface area contributed by atoms with E-state index in [1.165, 1.54) is 0 Å². The molecule has 13 heteroatoms. The predicted octanol–water partition coefficient (Wildman–Crippen LogP) is 5.35. The van der Waals surface area contributed by atoms with E-state index >= 15 is 0 Å². The maximum atomic E-state index is 14.0. The molecule has 0 saturated carbocycles. The van der Waals surface area contributed by atoms with Crippen LogP contribution in [0, 0.1) is 0 Å². The van der Waals surface area contributed by atoms with Gasteiger partial charge in [0.1, 0.15) is 5.75 Å². The van der Waals surface area contributed by atoms with Gasteiger partial charge in [0.2, 0.25) is 0 Å². The van der Waals surface area contributed by atoms with Crippen LogP contribution < -0.4 is 15.4 Å². The number of likely N-dealkylation sites (tertiary alicyclic amines) is 1. The van der Waals surface area contributed by atoms with Crippen LogP contribution in [0.5, 0.6) is 5.75 Å². The van der Waals surface area contributed by atoms with Crippen molar-refractivity contribution in [2.75, 3.05) is 71.3 Å². The van der Waals surface area contributed by atoms with Gasteiger partial charge in [-0.3, -0.25) is 9.69 Å². The first-order chi connectivity index (χ1) is 22.8. The molecule has 3 fully saturated rings. The summed E-state index contributed by atoms with van der Waals surface area (Å²) in [5.74, 6) is 0.495. The summed E-state index contributed by atoms with van der Waals surface area (Å²) in [5, 5.41) is 6.48. The Morgan fingerprint density at radius 2 is 1.56 bits per heavy atom. The molecule has 2 aromatic carbocycles. The van der Waals surface area contributed by atoms with E-state index in [-0.39, 0.29) is 31.8 Å². The molecule has 0 unspecified atom stereocenters. The first-order valence-corrected chi connectivity index (χ1v) is 18.3. The Morgan fingerprint density at radius 1 is 0.896 bits per heavy atom. The van der Waals surface area contributed by atoms with Gasteiger partial charge in [-0.05, 0) is 106 Å². The van der Waals surface area contributed by atoms with Gasteiger partial charge in [0.05, 0.1) is 16.1 Å². The first-order valence-electron chi connectivity index (χ1n) is 16.7. The van der Waals surface area contributed by atoms with Gasteiger partial charge in [-0.1, -0.05) is 25.6 Å². The SMILES string of the molecule is C.COc1c(Br)cc(C[C@@H](OC(=O)N2CCC(N3CCc4ccccc4NC3=O)CC2)C(=O)N2CCN(C3CCNCC3)CC2)cc1Br. The van der Waals surface area contributed by atoms with Crippen molar-refractivity contribution >= 4 is 55.6 Å². The molecule has 6 rings (SSSR count). The highest BCUT2D eigenvalue weighted by molar-refractivity contribution is 9.11. The second-order valence-corrected chi connectivity index (χ2v) is 14.5. The number of urea groups is 1. The fraction of sp³-hybridized carbons (Fsp3) is 0.571. The number of carbonyl (C=O) groups is 3. The third-order valence-electron chi connectivity index (χ3n) is 9.96. The highest BCUT2D eigenvalue weighted by atomic mass is 79.9. The molecule has 2 N–H and O–H groups in total. The third-order valence-corrected chi connectivity index (χ3v) is 11.1. The predicted molar refractivity (Wildman–Crippen MR) is 194 cm³/mol. The molecule has 4 amide bonds. The maximum Gasteiger partial charge on any atom is 0.410 e. The van der Waals surface area contributed by atoms with Crippen LogP contribution in [0.1, 0.15) is 44.2 Å². The number of ether oxygens (including phenoxy) is 2. The molecule has 0 bridgehead atoms. The van der Waals surface area contributed by atoms with Crippen LogP contribution in [0.3, 0.4) is 0 Å². The zero-order chi connectivity index (χ0) is 32.9. The van der Waals surface area contributed by atoms with Crippen LogP contribution in [0.2, 0.25) is 0 Å². The Bertz CT molecular complexity index is 1420. The van der Waals surface area contributed by atoms with Gasteiger partial charge < -0.3 is 34.8 Å². The highest BCUT2D eigenvalue weighted by Gasteiger charge is 2.36. The fourth-order valence-corrected chi connectivity index (χ4v) is 8.90. The van der Waals surface area contributed by atoms with E-state index in [1.54, 1.807) is 12.0 Å². The number of anilines is 1. The molecule has 0 radical (unpaired) electrons. The van der Waals surface area contributed by atoms with Crippen molar-refractivity contribution in [2.45, 2.75) is 64.1 Å². The van der Waals surface area contributed by atoms with Crippen molar-refractivity contribution < 1.29 is 23.9 Å². The third kappa shape index (κ3) is 8.46. The lowest BCUT2D eigenvalue weighted by atomic mass is 10.0. The second kappa shape index (κ2) is 16.7. The van der Waals surface area contributed by atoms with Crippen molar-refractivity contribution in [1.82, 2.24) is 24.9 Å². The Balaban J connectivity index is 0.00000451. The molecular weight excluding hydrogens is 744 g/mol. The number of hydrogen-bond donors (Lipinski definition) is 2. The van der Waals surface area contributed by atoms with Crippen LogP contribution in [-0.4, -0.2) is 122 Å². The summed E-state index contributed by atoms with van der Waals surface area (Å²) < 4.78 is 13.0. The molecule has 1 atom stereocenters. The lowest BCUT2D eigenvalue weighted by molar-refractivity contribution is -0.143. The molecule has 4 aliphatic heterocycles. The van der Waals surface area contributed by atoms with Crippen LogP contribution in [0.15, 0.2) is 45.3 Å². The molecule has 0 aromatic heterocycles. The van der Waals surface area contributed by atoms with Crippen molar-refractivity contribution in [3.05, 3.63) is 56.5 Å². The number of amides is 4. The number of fused-ring (bicyclic) bond motifs is 1. The number of carbonyl (C=O) groups excluding carboxylic acids is 3. The molecule has 4 aliphatic rings. The molecule has 2 aromatic rings. The number of nitrogens with zero attached hydrogens (tertiary/aromatic N) is 4. The summed E-state index contributed by atoms with van der Waals surface area (Å²) in [7, 11) is 1.60. The molecular formula is C35H48Br2N6O5. The van der Waals surface area contributed by atoms with Crippen molar-refractivity contribution in [2.24, 2.45) is 0 Å². The quantitative estimate of drug-likeness (QED) is 0.390. The largest absolute Gasteiger partial charge is 0.494 e. The zero-order valence-electron chi connectivity index (χ0n) is 26.9. The smallest absolute Gasteiger partial charge is 0.410 e. The summed E-state index contributed by atoms with van der Waals surface area (Å²) in [6, 6.07) is 12.2. The molecule has 4 heterocycles. The van der Waals surface area contributed by atoms with E-state index in [9.17, 15) is 14.4 Å². The maximum absolute atomic E-state index is 14.0. The van der Waals surface area contributed by atoms with Gasteiger partial charge in [0.15, 0.2) is 6.10 Å². The summed E-state index contributed by atoms with van der Waals surface area (Å²) in [6.07, 6.45) is 3.12. The molecule has 262 valence electrons. The molecule has 48 heavy (non-hydrogen) atoms. The highest BCUT2D eigenvalue weighted by Crippen LogP contribution is 2.35. The number of piperidine rings is 2. The van der Waals surface area contributed by atoms with Gasteiger partial charge >= 0.3 is 12.1 Å². The minimum absolute atomic E-state index is 0. The molecule has 0 spiro atoms. The zero-order valence-corrected chi connectivity index (χ0v) is 30.1. The van der Waals surface area contributed by atoms with E-state index in [0.717, 1.165) is 71.2 Å². The Morgan fingerprint density at radius 3 is 2.23 bits per heavy atom. The Hall–Kier alpha value is -2.87. The monoisotopic (exact) mass is 790 g/mol. The van der Waals surface area contributed by atoms with Gasteiger partial charge in [0, 0.05) is 70.0 Å². The number of para-hydroxylation sites is 1. The van der Waals surface area contributed by atoms with Crippen molar-refractivity contribution in [1.29, 1.82) is 0 Å². The van der Waals surface area contributed by atoms with Crippen LogP contribution in [-0.2, 0) is 22.4 Å². The number of methoxy groups -OCH3 is 1. The summed E-state index contributed by atoms with van der Waals surface area (Å²) in [6.45, 7) is 6.47. The van der Waals surface area contributed by atoms with E-state index in [0.29, 0.717) is 57.4 Å². The summed E-state index contributed by atoms with van der Waals surface area (Å²) in [4.78, 5) is 48.6. The second-order valence-electron chi connectivity index (χ2n) is 12.8. The van der Waals surface area contributed by atoms with Crippen molar-refractivity contribution in [3.8, 4) is 5.75 Å². The standard InChI is InChI=1S/C34H44Br2N6O5.CH4/c1-46-31-27(35)20-23(21-28(31)36)22-30(32(43)40-18-16-39(17-19-40)25-6-11-37-12-7-25)47-34(45)41-13-9-26(10-14-41)42-15-8-24-4-2-3-5-29(24)38-33(42)44;/h2-5,20-21,25-26,30,37H,6-19,22H2,1H3,(H,38,44);1H4/t30-;/m1./s1. The minimum Gasteiger partial charge on any atom is -0.494 e. The van der Waals surface area contributed by atoms with E-state index in [2.05, 4.69) is 47.4 Å². The van der Waals surface area contributed by atoms with E-state index in [4.69, 9.17) is 9.47 Å². The molecule has 11 nitrogen and oxygen atoms in total. The Labute approximate surface area is 300 Å². The summed E-state index contributed by atoms with van der Waals surface area (Å²) in [5.41, 5.74) is 2.83. The number of benzene rings is 2. The van der Waals surface area contributed by atoms with Crippen molar-refractivity contribution in [3.63, 3.8) is 0 Å². The van der Waals surface area contributed by atoms with Gasteiger partial charge in [-0.15, -0.1) is 0 Å². The van der Waals surface area contributed by atoms with Crippen LogP contribution in [0.4, 0.5) is 15.3 Å². The number of hydrogen-bond acceptors (Lipinski definition) is 7. The molecule has 0 aliphatic carbocycles. The number of nitrogens with one attached hydrogen (secondary N) is 2. The topological polar surface area (TPSA) is 107 Å². The minimum atomic E-state index is -0.965. The Kier molecular flexibility index (Phi) is 12.7. The van der Waals surface area contributed by atoms with Gasteiger partial charge in [-0.25, -0.2) is 9.59 Å².